The van der Waals surface area contributed by atoms with Crippen molar-refractivity contribution in [1.29, 1.82) is 0 Å². The van der Waals surface area contributed by atoms with E-state index in [1.54, 1.807) is 32.9 Å². The first-order chi connectivity index (χ1) is 14.8. The summed E-state index contributed by atoms with van der Waals surface area (Å²) in [6, 6.07) is 10.9. The zero-order valence-electron chi connectivity index (χ0n) is 17.3. The summed E-state index contributed by atoms with van der Waals surface area (Å²) in [7, 11) is 0. The van der Waals surface area contributed by atoms with Crippen molar-refractivity contribution >= 4 is 46.3 Å². The van der Waals surface area contributed by atoms with Gasteiger partial charge in [-0.1, -0.05) is 29.8 Å². The molecule has 3 amide bonds. The molecular weight excluding hydrogens is 434 g/mol. The third-order valence-electron chi connectivity index (χ3n) is 5.97. The van der Waals surface area contributed by atoms with Crippen LogP contribution in [0.4, 0.5) is 5.69 Å². The first kappa shape index (κ1) is 21.6. The number of fused-ring (bicyclic) bond motifs is 3. The van der Waals surface area contributed by atoms with Gasteiger partial charge in [-0.25, -0.2) is 0 Å². The minimum atomic E-state index is -0.757. The molecule has 0 N–H and O–H groups in total. The van der Waals surface area contributed by atoms with Crippen molar-refractivity contribution in [2.24, 2.45) is 0 Å². The Morgan fingerprint density at radius 3 is 2.77 bits per heavy atom. The van der Waals surface area contributed by atoms with Gasteiger partial charge in [-0.2, -0.15) is 0 Å². The molecule has 4 rings (SSSR count). The van der Waals surface area contributed by atoms with E-state index >= 15 is 0 Å². The summed E-state index contributed by atoms with van der Waals surface area (Å²) < 4.78 is 0.678. The number of hydrogen-bond acceptors (Lipinski definition) is 4. The summed E-state index contributed by atoms with van der Waals surface area (Å²) in [5, 5.41) is 0. The Morgan fingerprint density at radius 2 is 2.06 bits per heavy atom. The van der Waals surface area contributed by atoms with Gasteiger partial charge in [-0.05, 0) is 37.6 Å². The summed E-state index contributed by atoms with van der Waals surface area (Å²) >= 11 is 7.46. The highest BCUT2D eigenvalue weighted by atomic mass is 35.5. The number of amides is 3. The van der Waals surface area contributed by atoms with Crippen molar-refractivity contribution in [3.05, 3.63) is 63.8 Å². The molecule has 2 aliphatic heterocycles. The van der Waals surface area contributed by atoms with Crippen LogP contribution in [0, 0.1) is 0 Å². The molecule has 1 atom stereocenters. The normalized spacial score (nSPS) is 19.9. The lowest BCUT2D eigenvalue weighted by Crippen LogP contribution is -2.62. The Labute approximate surface area is 190 Å². The maximum atomic E-state index is 13.3. The Bertz CT molecular complexity index is 1050. The monoisotopic (exact) mass is 457 g/mol. The van der Waals surface area contributed by atoms with Gasteiger partial charge in [0.2, 0.25) is 11.8 Å². The average molecular weight is 458 g/mol. The molecule has 1 saturated heterocycles. The lowest BCUT2D eigenvalue weighted by atomic mass is 9.98. The minimum absolute atomic E-state index is 0.00151. The molecule has 0 bridgehead atoms. The summed E-state index contributed by atoms with van der Waals surface area (Å²) in [4.78, 5) is 45.1. The van der Waals surface area contributed by atoms with Gasteiger partial charge >= 0.3 is 0 Å². The van der Waals surface area contributed by atoms with E-state index < -0.39 is 5.66 Å². The van der Waals surface area contributed by atoms with Crippen molar-refractivity contribution < 1.29 is 14.4 Å². The summed E-state index contributed by atoms with van der Waals surface area (Å²) in [6.45, 7) is 6.76. The maximum Gasteiger partial charge on any atom is 0.257 e. The number of benzene rings is 1. The van der Waals surface area contributed by atoms with Gasteiger partial charge in [0.1, 0.15) is 5.66 Å². The first-order valence-electron chi connectivity index (χ1n) is 10.2. The number of anilines is 1. The highest BCUT2D eigenvalue weighted by Crippen LogP contribution is 2.44. The van der Waals surface area contributed by atoms with Gasteiger partial charge in [0, 0.05) is 30.8 Å². The predicted octanol–water partition coefficient (Wildman–Crippen LogP) is 4.31. The molecule has 2 aliphatic rings. The van der Waals surface area contributed by atoms with Gasteiger partial charge < -0.3 is 9.80 Å². The van der Waals surface area contributed by atoms with Crippen LogP contribution in [0.15, 0.2) is 49.1 Å². The predicted molar refractivity (Wildman–Crippen MR) is 122 cm³/mol. The maximum absolute atomic E-state index is 13.3. The number of nitrogens with zero attached hydrogens (tertiary/aromatic N) is 3. The van der Waals surface area contributed by atoms with Crippen molar-refractivity contribution in [3.63, 3.8) is 0 Å². The quantitative estimate of drug-likeness (QED) is 0.582. The molecule has 162 valence electrons. The van der Waals surface area contributed by atoms with Gasteiger partial charge in [-0.15, -0.1) is 17.9 Å². The largest absolute Gasteiger partial charge is 0.334 e. The van der Waals surface area contributed by atoms with E-state index in [2.05, 4.69) is 6.58 Å². The average Bonchev–Trinajstić information content (AvgIpc) is 3.30. The van der Waals surface area contributed by atoms with Crippen LogP contribution < -0.4 is 4.90 Å². The zero-order valence-corrected chi connectivity index (χ0v) is 18.9. The molecule has 1 fully saturated rings. The van der Waals surface area contributed by atoms with Crippen LogP contribution in [0.1, 0.15) is 41.4 Å². The first-order valence-corrected chi connectivity index (χ1v) is 11.4. The molecule has 0 spiro atoms. The van der Waals surface area contributed by atoms with Crippen LogP contribution in [-0.2, 0) is 16.1 Å². The number of thiophene rings is 1. The molecule has 0 saturated carbocycles. The molecule has 0 aliphatic carbocycles. The standard InChI is InChI=1S/C23H24ClN3O3S/c1-3-13-25(15-16-8-9-19(24)31-16)20(28)11-14-26-22(30)17-6-4-5-7-18(17)27-21(29)10-12-23(26,27)2/h3-9H,1,10-15H2,2H3. The number of rotatable bonds is 7. The fraction of sp³-hybridized carbons (Fsp3) is 0.348. The Balaban J connectivity index is 1.54. The summed E-state index contributed by atoms with van der Waals surface area (Å²) in [5.41, 5.74) is 0.398. The SMILES string of the molecule is C=CCN(Cc1ccc(Cl)s1)C(=O)CCN1C(=O)c2ccccc2N2C(=O)CCC12C. The third-order valence-corrected chi connectivity index (χ3v) is 7.19. The molecule has 2 aromatic rings. The van der Waals surface area contributed by atoms with Crippen LogP contribution in [0.5, 0.6) is 0 Å². The van der Waals surface area contributed by atoms with E-state index in [0.717, 1.165) is 4.88 Å². The highest BCUT2D eigenvalue weighted by molar-refractivity contribution is 7.16. The Kier molecular flexibility index (Phi) is 5.90. The van der Waals surface area contributed by atoms with Gasteiger partial charge in [-0.3, -0.25) is 19.3 Å². The van der Waals surface area contributed by atoms with Crippen molar-refractivity contribution in [3.8, 4) is 0 Å². The number of carbonyl (C=O) groups is 3. The molecule has 3 heterocycles. The van der Waals surface area contributed by atoms with Crippen molar-refractivity contribution in [2.75, 3.05) is 18.0 Å². The van der Waals surface area contributed by atoms with Crippen molar-refractivity contribution in [1.82, 2.24) is 9.80 Å². The molecular formula is C23H24ClN3O3S. The smallest absolute Gasteiger partial charge is 0.257 e. The molecule has 1 unspecified atom stereocenters. The molecule has 1 aromatic heterocycles. The topological polar surface area (TPSA) is 60.9 Å². The second kappa shape index (κ2) is 8.48. The molecule has 8 heteroatoms. The van der Waals surface area contributed by atoms with E-state index in [4.69, 9.17) is 11.6 Å². The minimum Gasteiger partial charge on any atom is -0.334 e. The zero-order chi connectivity index (χ0) is 22.2. The summed E-state index contributed by atoms with van der Waals surface area (Å²) in [5.74, 6) is -0.214. The van der Waals surface area contributed by atoms with Gasteiger partial charge in [0.05, 0.1) is 22.1 Å². The molecule has 0 radical (unpaired) electrons. The fourth-order valence-electron chi connectivity index (χ4n) is 4.44. The van der Waals surface area contributed by atoms with Crippen LogP contribution in [-0.4, -0.2) is 46.3 Å². The van der Waals surface area contributed by atoms with Crippen LogP contribution in [0.3, 0.4) is 0 Å². The Morgan fingerprint density at radius 1 is 1.29 bits per heavy atom. The third kappa shape index (κ3) is 3.88. The second-order valence-corrected chi connectivity index (χ2v) is 9.74. The number of hydrogen-bond donors (Lipinski definition) is 0. The highest BCUT2D eigenvalue weighted by Gasteiger charge is 2.52. The molecule has 1 aromatic carbocycles. The Hall–Kier alpha value is -2.64. The lowest BCUT2D eigenvalue weighted by Gasteiger charge is -2.48. The van der Waals surface area contributed by atoms with E-state index in [1.807, 2.05) is 31.2 Å². The second-order valence-electron chi connectivity index (χ2n) is 7.94. The van der Waals surface area contributed by atoms with Crippen molar-refractivity contribution in [2.45, 2.75) is 38.4 Å². The van der Waals surface area contributed by atoms with E-state index in [0.29, 0.717) is 41.5 Å². The molecule has 6 nitrogen and oxygen atoms in total. The number of halogens is 1. The van der Waals surface area contributed by atoms with E-state index in [1.165, 1.54) is 11.3 Å². The van der Waals surface area contributed by atoms with Gasteiger partial charge in [0.15, 0.2) is 0 Å². The van der Waals surface area contributed by atoms with Gasteiger partial charge in [0.25, 0.3) is 5.91 Å². The lowest BCUT2D eigenvalue weighted by molar-refractivity contribution is -0.131. The summed E-state index contributed by atoms with van der Waals surface area (Å²) in [6.07, 6.45) is 2.78. The van der Waals surface area contributed by atoms with Crippen LogP contribution in [0.2, 0.25) is 4.34 Å². The number of para-hydroxylation sites is 1. The molecule has 31 heavy (non-hydrogen) atoms. The fourth-order valence-corrected chi connectivity index (χ4v) is 5.55. The number of carbonyl (C=O) groups excluding carboxylic acids is 3. The van der Waals surface area contributed by atoms with E-state index in [9.17, 15) is 14.4 Å². The van der Waals surface area contributed by atoms with Crippen LogP contribution in [0.25, 0.3) is 0 Å². The van der Waals surface area contributed by atoms with E-state index in [-0.39, 0.29) is 30.7 Å². The van der Waals surface area contributed by atoms with Crippen LogP contribution >= 0.6 is 22.9 Å².